The molecule has 0 aromatic carbocycles. The van der Waals surface area contributed by atoms with Crippen LogP contribution >= 0.6 is 23.4 Å². The second-order valence-electron chi connectivity index (χ2n) is 5.31. The van der Waals surface area contributed by atoms with Gasteiger partial charge in [-0.15, -0.1) is 0 Å². The Morgan fingerprint density at radius 1 is 1.23 bits per heavy atom. The third-order valence-corrected chi connectivity index (χ3v) is 4.81. The number of halogens is 1. The van der Waals surface area contributed by atoms with Crippen LogP contribution in [0.3, 0.4) is 0 Å². The van der Waals surface area contributed by atoms with Crippen LogP contribution in [0.5, 0.6) is 0 Å². The fraction of sp³-hybridized carbons (Fsp3) is 0.643. The Bertz CT molecular complexity index is 534. The number of morpholine rings is 1. The number of carbonyl (C=O) groups excluding carboxylic acids is 1. The van der Waals surface area contributed by atoms with Crippen LogP contribution in [-0.2, 0) is 9.53 Å². The average Bonchev–Trinajstić information content (AvgIpc) is 3.07. The Kier molecular flexibility index (Phi) is 5.38. The Balaban J connectivity index is 1.60. The van der Waals surface area contributed by atoms with Crippen LogP contribution in [0.25, 0.3) is 0 Å². The molecule has 0 radical (unpaired) electrons. The van der Waals surface area contributed by atoms with Gasteiger partial charge in [-0.1, -0.05) is 23.4 Å². The molecule has 2 aliphatic heterocycles. The fourth-order valence-corrected chi connectivity index (χ4v) is 3.57. The van der Waals surface area contributed by atoms with Gasteiger partial charge in [0.1, 0.15) is 11.0 Å². The van der Waals surface area contributed by atoms with Crippen molar-refractivity contribution in [3.05, 3.63) is 11.2 Å². The van der Waals surface area contributed by atoms with E-state index in [0.717, 1.165) is 18.9 Å². The van der Waals surface area contributed by atoms with Gasteiger partial charge in [-0.3, -0.25) is 4.79 Å². The number of rotatable bonds is 4. The third kappa shape index (κ3) is 4.02. The maximum absolute atomic E-state index is 12.1. The topological polar surface area (TPSA) is 58.6 Å². The number of nitrogens with zero attached hydrogens (tertiary/aromatic N) is 4. The molecule has 0 spiro atoms. The highest BCUT2D eigenvalue weighted by Gasteiger charge is 2.19. The van der Waals surface area contributed by atoms with Gasteiger partial charge in [0.05, 0.1) is 19.0 Å². The van der Waals surface area contributed by atoms with Gasteiger partial charge in [0, 0.05) is 32.2 Å². The van der Waals surface area contributed by atoms with E-state index >= 15 is 0 Å². The number of hydrogen-bond acceptors (Lipinski definition) is 6. The molecule has 2 aliphatic rings. The van der Waals surface area contributed by atoms with Gasteiger partial charge in [0.15, 0.2) is 5.16 Å². The van der Waals surface area contributed by atoms with E-state index in [-0.39, 0.29) is 5.91 Å². The van der Waals surface area contributed by atoms with Gasteiger partial charge in [-0.2, -0.15) is 0 Å². The first-order valence-electron chi connectivity index (χ1n) is 7.50. The first kappa shape index (κ1) is 15.8. The third-order valence-electron chi connectivity index (χ3n) is 3.78. The molecule has 6 nitrogen and oxygen atoms in total. The van der Waals surface area contributed by atoms with Crippen molar-refractivity contribution in [3.8, 4) is 0 Å². The zero-order valence-corrected chi connectivity index (χ0v) is 13.9. The predicted molar refractivity (Wildman–Crippen MR) is 86.6 cm³/mol. The van der Waals surface area contributed by atoms with E-state index in [1.165, 1.54) is 24.6 Å². The first-order valence-corrected chi connectivity index (χ1v) is 8.86. The average molecular weight is 343 g/mol. The molecule has 0 saturated carbocycles. The molecule has 2 fully saturated rings. The lowest BCUT2D eigenvalue weighted by atomic mass is 10.4. The van der Waals surface area contributed by atoms with Crippen LogP contribution < -0.4 is 4.90 Å². The van der Waals surface area contributed by atoms with Gasteiger partial charge in [0.2, 0.25) is 5.91 Å². The predicted octanol–water partition coefficient (Wildman–Crippen LogP) is 1.68. The second-order valence-corrected chi connectivity index (χ2v) is 6.64. The largest absolute Gasteiger partial charge is 0.378 e. The van der Waals surface area contributed by atoms with Crippen molar-refractivity contribution in [1.82, 2.24) is 14.9 Å². The molecular weight excluding hydrogens is 324 g/mol. The lowest BCUT2D eigenvalue weighted by Gasteiger charge is -2.26. The summed E-state index contributed by atoms with van der Waals surface area (Å²) in [5.74, 6) is 1.29. The molecule has 120 valence electrons. The highest BCUT2D eigenvalue weighted by atomic mass is 35.5. The maximum atomic E-state index is 12.1. The fourth-order valence-electron chi connectivity index (χ4n) is 2.59. The minimum Gasteiger partial charge on any atom is -0.378 e. The standard InChI is InChI=1S/C14H19ClN4O2S/c15-11-9-12(18-3-1-2-4-18)17-14(16-11)22-10-13(20)19-5-7-21-8-6-19/h9H,1-8,10H2. The number of hydrogen-bond donors (Lipinski definition) is 0. The maximum Gasteiger partial charge on any atom is 0.233 e. The molecule has 0 N–H and O–H groups in total. The summed E-state index contributed by atoms with van der Waals surface area (Å²) in [6, 6.07) is 1.79. The number of ether oxygens (including phenoxy) is 1. The van der Waals surface area contributed by atoms with Crippen molar-refractivity contribution in [2.24, 2.45) is 0 Å². The van der Waals surface area contributed by atoms with Crippen LogP contribution in [0.1, 0.15) is 12.8 Å². The molecule has 0 aliphatic carbocycles. The molecule has 0 unspecified atom stereocenters. The molecule has 2 saturated heterocycles. The second kappa shape index (κ2) is 7.48. The Labute approximate surface area is 139 Å². The molecule has 0 bridgehead atoms. The van der Waals surface area contributed by atoms with Crippen molar-refractivity contribution < 1.29 is 9.53 Å². The quantitative estimate of drug-likeness (QED) is 0.471. The highest BCUT2D eigenvalue weighted by molar-refractivity contribution is 7.99. The van der Waals surface area contributed by atoms with Crippen molar-refractivity contribution >= 4 is 35.1 Å². The van der Waals surface area contributed by atoms with Crippen molar-refractivity contribution in [1.29, 1.82) is 0 Å². The summed E-state index contributed by atoms with van der Waals surface area (Å²) in [7, 11) is 0. The molecule has 1 aromatic heterocycles. The molecule has 1 aromatic rings. The summed E-state index contributed by atoms with van der Waals surface area (Å²) in [5.41, 5.74) is 0. The first-order chi connectivity index (χ1) is 10.7. The molecule has 3 rings (SSSR count). The number of aromatic nitrogens is 2. The van der Waals surface area contributed by atoms with Gasteiger partial charge < -0.3 is 14.5 Å². The molecule has 1 amide bonds. The molecule has 22 heavy (non-hydrogen) atoms. The zero-order valence-electron chi connectivity index (χ0n) is 12.3. The van der Waals surface area contributed by atoms with Gasteiger partial charge in [0.25, 0.3) is 0 Å². The Hall–Kier alpha value is -1.05. The number of carbonyl (C=O) groups is 1. The monoisotopic (exact) mass is 342 g/mol. The Morgan fingerprint density at radius 3 is 2.68 bits per heavy atom. The number of amides is 1. The lowest BCUT2D eigenvalue weighted by Crippen LogP contribution is -2.41. The summed E-state index contributed by atoms with van der Waals surface area (Å²) in [5, 5.41) is 0.995. The smallest absolute Gasteiger partial charge is 0.233 e. The van der Waals surface area contributed by atoms with E-state index in [9.17, 15) is 4.79 Å². The summed E-state index contributed by atoms with van der Waals surface area (Å²) in [6.07, 6.45) is 2.36. The van der Waals surface area contributed by atoms with E-state index in [1.54, 1.807) is 6.07 Å². The summed E-state index contributed by atoms with van der Waals surface area (Å²) in [4.78, 5) is 24.9. The molecule has 8 heteroatoms. The van der Waals surface area contributed by atoms with Crippen molar-refractivity contribution in [2.75, 3.05) is 50.0 Å². The van der Waals surface area contributed by atoms with Gasteiger partial charge in [-0.25, -0.2) is 9.97 Å². The van der Waals surface area contributed by atoms with Crippen LogP contribution in [0.2, 0.25) is 5.15 Å². The minimum absolute atomic E-state index is 0.0969. The van der Waals surface area contributed by atoms with Gasteiger partial charge >= 0.3 is 0 Å². The van der Waals surface area contributed by atoms with Crippen molar-refractivity contribution in [2.45, 2.75) is 18.0 Å². The van der Waals surface area contributed by atoms with E-state index < -0.39 is 0 Å². The van der Waals surface area contributed by atoms with E-state index in [0.29, 0.717) is 42.4 Å². The van der Waals surface area contributed by atoms with E-state index in [1.807, 2.05) is 4.90 Å². The summed E-state index contributed by atoms with van der Waals surface area (Å²) in [6.45, 7) is 4.56. The van der Waals surface area contributed by atoms with Crippen LogP contribution in [0, 0.1) is 0 Å². The SMILES string of the molecule is O=C(CSc1nc(Cl)cc(N2CCCC2)n1)N1CCOCC1. The lowest BCUT2D eigenvalue weighted by molar-refractivity contribution is -0.132. The van der Waals surface area contributed by atoms with E-state index in [4.69, 9.17) is 16.3 Å². The molecular formula is C14H19ClN4O2S. The van der Waals surface area contributed by atoms with Crippen LogP contribution in [0.4, 0.5) is 5.82 Å². The van der Waals surface area contributed by atoms with Gasteiger partial charge in [-0.05, 0) is 12.8 Å². The van der Waals surface area contributed by atoms with Crippen LogP contribution in [-0.4, -0.2) is 65.9 Å². The number of anilines is 1. The summed E-state index contributed by atoms with van der Waals surface area (Å²) >= 11 is 7.43. The molecule has 3 heterocycles. The highest BCUT2D eigenvalue weighted by Crippen LogP contribution is 2.24. The zero-order chi connectivity index (χ0) is 15.4. The minimum atomic E-state index is 0.0969. The van der Waals surface area contributed by atoms with E-state index in [2.05, 4.69) is 14.9 Å². The molecule has 0 atom stereocenters. The Morgan fingerprint density at radius 2 is 1.95 bits per heavy atom. The normalized spacial score (nSPS) is 18.8. The summed E-state index contributed by atoms with van der Waals surface area (Å²) < 4.78 is 5.25. The van der Waals surface area contributed by atoms with Crippen LogP contribution in [0.15, 0.2) is 11.2 Å². The number of thioether (sulfide) groups is 1. The van der Waals surface area contributed by atoms with Crippen molar-refractivity contribution in [3.63, 3.8) is 0 Å².